The molecule has 0 amide bonds. The summed E-state index contributed by atoms with van der Waals surface area (Å²) in [7, 11) is 0. The van der Waals surface area contributed by atoms with Gasteiger partial charge in [0.1, 0.15) is 73.8 Å². The second-order valence-corrected chi connectivity index (χ2v) is 16.3. The summed E-state index contributed by atoms with van der Waals surface area (Å²) in [5, 5.41) is 75.7. The Kier molecular flexibility index (Phi) is 17.9. The van der Waals surface area contributed by atoms with Crippen LogP contribution < -0.4 is 23.8 Å². The molecule has 8 N–H and O–H groups in total. The monoisotopic (exact) mass is 935 g/mol. The van der Waals surface area contributed by atoms with Crippen molar-refractivity contribution in [3.63, 3.8) is 0 Å². The Morgan fingerprint density at radius 1 is 0.348 bits per heavy atom. The van der Waals surface area contributed by atoms with Crippen LogP contribution in [0.15, 0.2) is 170 Å². The number of benzene rings is 7. The lowest BCUT2D eigenvalue weighted by Crippen LogP contribution is -2.21. The molecule has 0 aliphatic carbocycles. The van der Waals surface area contributed by atoms with Crippen LogP contribution >= 0.6 is 0 Å². The summed E-state index contributed by atoms with van der Waals surface area (Å²) in [6.45, 7) is -1.66. The maximum atomic E-state index is 9.80. The Bertz CT molecular complexity index is 2480. The minimum atomic E-state index is -0.992. The summed E-state index contributed by atoms with van der Waals surface area (Å²) in [5.74, 6) is 2.26. The number of nitrogens with zero attached hydrogens (tertiary/aromatic N) is 1. The molecule has 4 atom stereocenters. The first kappa shape index (κ1) is 49.9. The van der Waals surface area contributed by atoms with Gasteiger partial charge in [-0.1, -0.05) is 84.9 Å². The molecule has 7 aromatic rings. The molecule has 0 radical (unpaired) electrons. The maximum absolute atomic E-state index is 9.80. The third-order valence-electron chi connectivity index (χ3n) is 11.0. The summed E-state index contributed by atoms with van der Waals surface area (Å²) in [5.41, 5.74) is 10.3. The zero-order valence-corrected chi connectivity index (χ0v) is 37.9. The highest BCUT2D eigenvalue weighted by Crippen LogP contribution is 2.38. The van der Waals surface area contributed by atoms with Gasteiger partial charge in [0, 0.05) is 17.1 Å². The quantitative estimate of drug-likeness (QED) is 0.0288. The van der Waals surface area contributed by atoms with Gasteiger partial charge < -0.3 is 64.7 Å². The molecule has 13 nitrogen and oxygen atoms in total. The number of aliphatic hydroxyl groups is 8. The largest absolute Gasteiger partial charge is 0.491 e. The molecule has 0 bridgehead atoms. The Labute approximate surface area is 401 Å². The van der Waals surface area contributed by atoms with Crippen molar-refractivity contribution < 1.29 is 59.8 Å². The Morgan fingerprint density at radius 3 is 0.870 bits per heavy atom. The molecular formula is C56H57NO12. The molecule has 0 saturated carbocycles. The van der Waals surface area contributed by atoms with E-state index < -0.39 is 37.6 Å². The topological polar surface area (TPSA) is 202 Å². The van der Waals surface area contributed by atoms with Crippen LogP contribution in [0.3, 0.4) is 0 Å². The van der Waals surface area contributed by atoms with E-state index in [-0.39, 0.29) is 39.6 Å². The van der Waals surface area contributed by atoms with Crippen LogP contribution in [0.25, 0.3) is 33.9 Å². The van der Waals surface area contributed by atoms with Crippen molar-refractivity contribution in [1.29, 1.82) is 0 Å². The fraction of sp³-hybridized carbons (Fsp3) is 0.214. The van der Waals surface area contributed by atoms with Gasteiger partial charge in [0.2, 0.25) is 0 Å². The molecule has 13 heteroatoms. The predicted molar refractivity (Wildman–Crippen MR) is 266 cm³/mol. The van der Waals surface area contributed by atoms with Crippen LogP contribution in [0, 0.1) is 0 Å². The molecule has 0 saturated heterocycles. The molecule has 0 fully saturated rings. The molecule has 358 valence electrons. The number of hydrogen-bond acceptors (Lipinski definition) is 13. The van der Waals surface area contributed by atoms with Gasteiger partial charge >= 0.3 is 0 Å². The first-order valence-electron chi connectivity index (χ1n) is 22.5. The molecule has 0 spiro atoms. The van der Waals surface area contributed by atoms with E-state index in [2.05, 4.69) is 83.8 Å². The predicted octanol–water partition coefficient (Wildman–Crippen LogP) is 7.01. The lowest BCUT2D eigenvalue weighted by Gasteiger charge is -2.26. The number of ether oxygens (including phenoxy) is 4. The van der Waals surface area contributed by atoms with E-state index in [9.17, 15) is 30.6 Å². The van der Waals surface area contributed by atoms with Crippen LogP contribution in [0.5, 0.6) is 23.0 Å². The molecular weight excluding hydrogens is 879 g/mol. The van der Waals surface area contributed by atoms with Gasteiger partial charge in [0.25, 0.3) is 0 Å². The van der Waals surface area contributed by atoms with Crippen LogP contribution in [0.4, 0.5) is 17.1 Å². The van der Waals surface area contributed by atoms with Crippen molar-refractivity contribution in [1.82, 2.24) is 0 Å². The second-order valence-electron chi connectivity index (χ2n) is 16.3. The van der Waals surface area contributed by atoms with E-state index in [1.54, 1.807) is 0 Å². The summed E-state index contributed by atoms with van der Waals surface area (Å²) < 4.78 is 22.6. The third-order valence-corrected chi connectivity index (χ3v) is 11.0. The van der Waals surface area contributed by atoms with Crippen molar-refractivity contribution in [2.75, 3.05) is 57.8 Å². The standard InChI is InChI=1S/C56H57NO12/c58-30-48(62)34-66-52-21-7-41(8-22-52)39-3-17-46(18-4-39)57(47-19-5-40(6-20-47)42-9-23-53(24-10-42)67-35-49(63)31-59)45-15-1-38(2-16-45)29-56(43-11-25-54(26-12-43)68-36-50(64)32-60)44-13-27-55(28-14-44)69-37-51(65)33-61/h1-29,48-51,58-65H,30-37H2. The molecule has 0 aliphatic rings. The molecule has 0 aliphatic heterocycles. The van der Waals surface area contributed by atoms with E-state index in [0.717, 1.165) is 61.6 Å². The van der Waals surface area contributed by atoms with Crippen LogP contribution in [0.2, 0.25) is 0 Å². The van der Waals surface area contributed by atoms with Crippen molar-refractivity contribution in [2.45, 2.75) is 24.4 Å². The molecule has 4 unspecified atom stereocenters. The normalized spacial score (nSPS) is 12.9. The lowest BCUT2D eigenvalue weighted by molar-refractivity contribution is 0.0536. The summed E-state index contributed by atoms with van der Waals surface area (Å²) in [4.78, 5) is 2.17. The molecule has 69 heavy (non-hydrogen) atoms. The summed E-state index contributed by atoms with van der Waals surface area (Å²) in [6.07, 6.45) is -1.81. The Morgan fingerprint density at radius 2 is 0.594 bits per heavy atom. The zero-order chi connectivity index (χ0) is 48.5. The van der Waals surface area contributed by atoms with Crippen LogP contribution in [-0.4, -0.2) is 118 Å². The van der Waals surface area contributed by atoms with Gasteiger partial charge in [0.05, 0.1) is 26.4 Å². The van der Waals surface area contributed by atoms with Crippen molar-refractivity contribution >= 4 is 28.7 Å². The number of hydrogen-bond donors (Lipinski definition) is 8. The van der Waals surface area contributed by atoms with Gasteiger partial charge in [-0.3, -0.25) is 0 Å². The summed E-state index contributed by atoms with van der Waals surface area (Å²) >= 11 is 0. The van der Waals surface area contributed by atoms with Gasteiger partial charge in [-0.05, 0) is 136 Å². The second kappa shape index (κ2) is 24.8. The van der Waals surface area contributed by atoms with E-state index in [4.69, 9.17) is 29.2 Å². The van der Waals surface area contributed by atoms with Crippen molar-refractivity contribution in [3.05, 3.63) is 187 Å². The SMILES string of the molecule is OCC(O)COc1ccc(C(=Cc2ccc(N(c3ccc(-c4ccc(OCC(O)CO)cc4)cc3)c3ccc(-c4ccc(OCC(O)CO)cc4)cc3)cc2)c2ccc(OCC(O)CO)cc2)cc1. The van der Waals surface area contributed by atoms with E-state index >= 15 is 0 Å². The molecule has 7 aromatic carbocycles. The number of rotatable bonds is 24. The van der Waals surface area contributed by atoms with Crippen LogP contribution in [0.1, 0.15) is 16.7 Å². The minimum absolute atomic E-state index is 0.00713. The zero-order valence-electron chi connectivity index (χ0n) is 37.9. The fourth-order valence-electron chi connectivity index (χ4n) is 7.20. The van der Waals surface area contributed by atoms with Crippen molar-refractivity contribution in [2.24, 2.45) is 0 Å². The third kappa shape index (κ3) is 14.0. The van der Waals surface area contributed by atoms with Gasteiger partial charge in [-0.15, -0.1) is 0 Å². The van der Waals surface area contributed by atoms with Gasteiger partial charge in [0.15, 0.2) is 0 Å². The maximum Gasteiger partial charge on any atom is 0.119 e. The lowest BCUT2D eigenvalue weighted by atomic mass is 9.95. The first-order valence-corrected chi connectivity index (χ1v) is 22.5. The number of anilines is 3. The average molecular weight is 936 g/mol. The van der Waals surface area contributed by atoms with Gasteiger partial charge in [-0.2, -0.15) is 0 Å². The highest BCUT2D eigenvalue weighted by Gasteiger charge is 2.16. The van der Waals surface area contributed by atoms with E-state index in [0.29, 0.717) is 23.0 Å². The number of aliphatic hydroxyl groups excluding tert-OH is 8. The van der Waals surface area contributed by atoms with E-state index in [1.165, 1.54) is 0 Å². The molecule has 0 aromatic heterocycles. The highest BCUT2D eigenvalue weighted by molar-refractivity contribution is 5.92. The highest BCUT2D eigenvalue weighted by atomic mass is 16.5. The smallest absolute Gasteiger partial charge is 0.119 e. The Hall–Kier alpha value is -7.04. The fourth-order valence-corrected chi connectivity index (χ4v) is 7.20. The minimum Gasteiger partial charge on any atom is -0.491 e. The van der Waals surface area contributed by atoms with E-state index in [1.807, 2.05) is 97.1 Å². The molecule has 0 heterocycles. The van der Waals surface area contributed by atoms with Crippen molar-refractivity contribution in [3.8, 4) is 45.3 Å². The average Bonchev–Trinajstić information content (AvgIpc) is 3.41. The summed E-state index contributed by atoms with van der Waals surface area (Å²) in [6, 6.07) is 54.8. The first-order chi connectivity index (χ1) is 33.6. The van der Waals surface area contributed by atoms with Crippen LogP contribution in [-0.2, 0) is 0 Å². The van der Waals surface area contributed by atoms with Gasteiger partial charge in [-0.25, -0.2) is 0 Å². The Balaban J connectivity index is 1.19. The molecule has 7 rings (SSSR count).